The van der Waals surface area contributed by atoms with Crippen molar-refractivity contribution in [1.82, 2.24) is 8.75 Å². The molecule has 0 aliphatic carbocycles. The van der Waals surface area contributed by atoms with E-state index in [1.54, 1.807) is 18.3 Å². The number of nitrogens with zero attached hydrogens (tertiary/aromatic N) is 3. The van der Waals surface area contributed by atoms with Crippen LogP contribution in [0.2, 0.25) is 0 Å². The molecule has 0 aliphatic heterocycles. The van der Waals surface area contributed by atoms with E-state index in [4.69, 9.17) is 4.74 Å². The highest BCUT2D eigenvalue weighted by molar-refractivity contribution is 7.00. The van der Waals surface area contributed by atoms with Gasteiger partial charge in [-0.15, -0.1) is 0 Å². The zero-order valence-electron chi connectivity index (χ0n) is 11.4. The van der Waals surface area contributed by atoms with Crippen molar-refractivity contribution >= 4 is 34.7 Å². The molecule has 0 bridgehead atoms. The zero-order chi connectivity index (χ0) is 14.7. The van der Waals surface area contributed by atoms with Gasteiger partial charge in [-0.2, -0.15) is 8.75 Å². The SMILES string of the molecule is CCOc1cccc(C=Nc2cccc3nsnc23)c1O. The number of ether oxygens (including phenoxy) is 1. The van der Waals surface area contributed by atoms with Crippen molar-refractivity contribution in [3.8, 4) is 11.5 Å². The number of fused-ring (bicyclic) bond motifs is 1. The molecule has 0 spiro atoms. The number of hydrogen-bond donors (Lipinski definition) is 1. The average molecular weight is 299 g/mol. The van der Waals surface area contributed by atoms with E-state index in [0.717, 1.165) is 28.4 Å². The van der Waals surface area contributed by atoms with Crippen molar-refractivity contribution < 1.29 is 9.84 Å². The summed E-state index contributed by atoms with van der Waals surface area (Å²) in [4.78, 5) is 4.40. The first-order chi connectivity index (χ1) is 10.3. The van der Waals surface area contributed by atoms with E-state index < -0.39 is 0 Å². The molecule has 0 fully saturated rings. The highest BCUT2D eigenvalue weighted by atomic mass is 32.1. The van der Waals surface area contributed by atoms with Crippen LogP contribution in [0.25, 0.3) is 11.0 Å². The molecule has 0 atom stereocenters. The molecule has 21 heavy (non-hydrogen) atoms. The van der Waals surface area contributed by atoms with E-state index in [1.165, 1.54) is 0 Å². The minimum atomic E-state index is 0.0895. The third kappa shape index (κ3) is 2.71. The lowest BCUT2D eigenvalue weighted by Crippen LogP contribution is -1.93. The van der Waals surface area contributed by atoms with Gasteiger partial charge in [0.25, 0.3) is 0 Å². The summed E-state index contributed by atoms with van der Waals surface area (Å²) >= 11 is 1.16. The second kappa shape index (κ2) is 5.88. The lowest BCUT2D eigenvalue weighted by atomic mass is 10.2. The summed E-state index contributed by atoms with van der Waals surface area (Å²) in [6, 6.07) is 11.0. The third-order valence-electron chi connectivity index (χ3n) is 2.94. The largest absolute Gasteiger partial charge is 0.504 e. The smallest absolute Gasteiger partial charge is 0.166 e. The minimum Gasteiger partial charge on any atom is -0.504 e. The minimum absolute atomic E-state index is 0.0895. The van der Waals surface area contributed by atoms with Gasteiger partial charge in [0.05, 0.1) is 24.0 Å². The van der Waals surface area contributed by atoms with Crippen molar-refractivity contribution in [3.05, 3.63) is 42.0 Å². The van der Waals surface area contributed by atoms with Gasteiger partial charge >= 0.3 is 0 Å². The highest BCUT2D eigenvalue weighted by Crippen LogP contribution is 2.30. The van der Waals surface area contributed by atoms with Gasteiger partial charge in [-0.1, -0.05) is 12.1 Å². The van der Waals surface area contributed by atoms with Crippen molar-refractivity contribution in [2.45, 2.75) is 6.92 Å². The molecule has 0 aliphatic rings. The Morgan fingerprint density at radius 2 is 2.10 bits per heavy atom. The predicted octanol–water partition coefficient (Wildman–Crippen LogP) is 3.55. The summed E-state index contributed by atoms with van der Waals surface area (Å²) in [6.07, 6.45) is 1.60. The topological polar surface area (TPSA) is 67.6 Å². The normalized spacial score (nSPS) is 11.3. The maximum absolute atomic E-state index is 10.1. The maximum Gasteiger partial charge on any atom is 0.166 e. The number of benzene rings is 2. The molecule has 0 saturated carbocycles. The Hall–Kier alpha value is -2.47. The van der Waals surface area contributed by atoms with Crippen molar-refractivity contribution in [1.29, 1.82) is 0 Å². The summed E-state index contributed by atoms with van der Waals surface area (Å²) < 4.78 is 13.8. The van der Waals surface area contributed by atoms with Gasteiger partial charge in [-0.05, 0) is 31.2 Å². The highest BCUT2D eigenvalue weighted by Gasteiger charge is 2.07. The quantitative estimate of drug-likeness (QED) is 0.748. The Morgan fingerprint density at radius 1 is 1.24 bits per heavy atom. The van der Waals surface area contributed by atoms with E-state index in [9.17, 15) is 5.11 Å². The molecular weight excluding hydrogens is 286 g/mol. The first-order valence-corrected chi connectivity index (χ1v) is 7.22. The molecule has 1 heterocycles. The molecule has 3 rings (SSSR count). The Kier molecular flexibility index (Phi) is 3.79. The summed E-state index contributed by atoms with van der Waals surface area (Å²) in [5.41, 5.74) is 2.91. The van der Waals surface area contributed by atoms with E-state index in [0.29, 0.717) is 17.9 Å². The molecule has 2 aromatic carbocycles. The molecular formula is C15H13N3O2S. The summed E-state index contributed by atoms with van der Waals surface area (Å²) in [5.74, 6) is 0.543. The van der Waals surface area contributed by atoms with Crippen LogP contribution >= 0.6 is 11.7 Å². The van der Waals surface area contributed by atoms with E-state index >= 15 is 0 Å². The van der Waals surface area contributed by atoms with Crippen molar-refractivity contribution in [2.75, 3.05) is 6.61 Å². The van der Waals surface area contributed by atoms with Gasteiger partial charge in [0, 0.05) is 11.8 Å². The van der Waals surface area contributed by atoms with E-state index in [2.05, 4.69) is 13.7 Å². The first-order valence-electron chi connectivity index (χ1n) is 6.49. The first kappa shape index (κ1) is 13.5. The molecule has 0 amide bonds. The second-order valence-corrected chi connectivity index (χ2v) is 4.82. The van der Waals surface area contributed by atoms with Crippen LogP contribution in [-0.4, -0.2) is 26.7 Å². The third-order valence-corrected chi connectivity index (χ3v) is 3.48. The molecule has 1 aromatic heterocycles. The van der Waals surface area contributed by atoms with E-state index in [1.807, 2.05) is 31.2 Å². The molecule has 0 unspecified atom stereocenters. The number of aliphatic imine (C=N–C) groups is 1. The Morgan fingerprint density at radius 3 is 2.95 bits per heavy atom. The van der Waals surface area contributed by atoms with E-state index in [-0.39, 0.29) is 5.75 Å². The van der Waals surface area contributed by atoms with Gasteiger partial charge in [-0.3, -0.25) is 4.99 Å². The molecule has 5 nitrogen and oxygen atoms in total. The molecule has 106 valence electrons. The predicted molar refractivity (Wildman–Crippen MR) is 83.9 cm³/mol. The van der Waals surface area contributed by atoms with Crippen LogP contribution in [0.1, 0.15) is 12.5 Å². The number of phenols is 1. The number of aromatic hydroxyl groups is 1. The molecule has 0 radical (unpaired) electrons. The Bertz CT molecular complexity index is 798. The number of hydrogen-bond acceptors (Lipinski definition) is 6. The monoisotopic (exact) mass is 299 g/mol. The second-order valence-electron chi connectivity index (χ2n) is 4.29. The fraction of sp³-hybridized carbons (Fsp3) is 0.133. The van der Waals surface area contributed by atoms with Gasteiger partial charge in [-0.25, -0.2) is 0 Å². The van der Waals surface area contributed by atoms with Crippen molar-refractivity contribution in [3.63, 3.8) is 0 Å². The lowest BCUT2D eigenvalue weighted by Gasteiger charge is -2.07. The summed E-state index contributed by atoms with van der Waals surface area (Å²) in [6.45, 7) is 2.37. The van der Waals surface area contributed by atoms with Gasteiger partial charge < -0.3 is 9.84 Å². The van der Waals surface area contributed by atoms with Gasteiger partial charge in [0.15, 0.2) is 11.5 Å². The van der Waals surface area contributed by atoms with Crippen LogP contribution in [0, 0.1) is 0 Å². The molecule has 6 heteroatoms. The van der Waals surface area contributed by atoms with Crippen LogP contribution in [0.3, 0.4) is 0 Å². The molecule has 3 aromatic rings. The van der Waals surface area contributed by atoms with Gasteiger partial charge in [0.1, 0.15) is 11.0 Å². The molecule has 0 saturated heterocycles. The van der Waals surface area contributed by atoms with Crippen molar-refractivity contribution in [2.24, 2.45) is 4.99 Å². The number of para-hydroxylation sites is 1. The van der Waals surface area contributed by atoms with Gasteiger partial charge in [0.2, 0.25) is 0 Å². The Labute approximate surface area is 125 Å². The summed E-state index contributed by atoms with van der Waals surface area (Å²) in [5, 5.41) is 10.1. The molecule has 1 N–H and O–H groups in total. The van der Waals surface area contributed by atoms with Crippen LogP contribution in [0.15, 0.2) is 41.4 Å². The zero-order valence-corrected chi connectivity index (χ0v) is 12.2. The maximum atomic E-state index is 10.1. The van der Waals surface area contributed by atoms with Crippen LogP contribution in [-0.2, 0) is 0 Å². The Balaban J connectivity index is 1.96. The fourth-order valence-corrected chi connectivity index (χ4v) is 2.50. The number of phenolic OH excluding ortho intramolecular Hbond substituents is 1. The summed E-state index contributed by atoms with van der Waals surface area (Å²) in [7, 11) is 0. The fourth-order valence-electron chi connectivity index (χ4n) is 1.95. The lowest BCUT2D eigenvalue weighted by molar-refractivity contribution is 0.318. The number of rotatable bonds is 4. The van der Waals surface area contributed by atoms with Crippen LogP contribution < -0.4 is 4.74 Å². The standard InChI is InChI=1S/C15H13N3O2S/c1-2-20-13-8-3-5-10(15(13)19)9-16-11-6-4-7-12-14(11)18-21-17-12/h3-9,19H,2H2,1H3. The number of aromatic nitrogens is 2. The van der Waals surface area contributed by atoms with Crippen LogP contribution in [0.5, 0.6) is 11.5 Å². The van der Waals surface area contributed by atoms with Crippen LogP contribution in [0.4, 0.5) is 5.69 Å². The average Bonchev–Trinajstić information content (AvgIpc) is 2.97.